The second-order valence-electron chi connectivity index (χ2n) is 6.43. The third-order valence-corrected chi connectivity index (χ3v) is 4.86. The van der Waals surface area contributed by atoms with Gasteiger partial charge in [-0.15, -0.1) is 0 Å². The van der Waals surface area contributed by atoms with E-state index in [1.165, 1.54) is 13.2 Å². The Kier molecular flexibility index (Phi) is 5.27. The molecule has 10 nitrogen and oxygen atoms in total. The fraction of sp³-hybridized carbons (Fsp3) is 0.211. The first-order chi connectivity index (χ1) is 14.0. The van der Waals surface area contributed by atoms with Crippen LogP contribution in [0.15, 0.2) is 18.2 Å². The van der Waals surface area contributed by atoms with Gasteiger partial charge in [-0.05, 0) is 12.5 Å². The Morgan fingerprint density at radius 2 is 1.63 bits per heavy atom. The molecule has 2 aromatic rings. The van der Waals surface area contributed by atoms with Crippen molar-refractivity contribution < 1.29 is 46.5 Å². The highest BCUT2D eigenvalue weighted by Crippen LogP contribution is 2.43. The van der Waals surface area contributed by atoms with E-state index in [4.69, 9.17) is 9.29 Å². The Hall–Kier alpha value is -3.44. The van der Waals surface area contributed by atoms with Crippen molar-refractivity contribution >= 4 is 27.7 Å². The van der Waals surface area contributed by atoms with Gasteiger partial charge in [0.05, 0.1) is 29.4 Å². The van der Waals surface area contributed by atoms with E-state index in [9.17, 15) is 33.0 Å². The minimum absolute atomic E-state index is 0.0480. The van der Waals surface area contributed by atoms with Gasteiger partial charge in [-0.1, -0.05) is 6.92 Å². The molecule has 0 spiro atoms. The fourth-order valence-electron chi connectivity index (χ4n) is 3.31. The number of methoxy groups -OCH3 is 1. The molecule has 1 aliphatic carbocycles. The van der Waals surface area contributed by atoms with Crippen LogP contribution in [0.5, 0.6) is 23.0 Å². The first-order valence-electron chi connectivity index (χ1n) is 8.60. The number of aromatic hydroxyl groups is 2. The number of hydrogen-bond acceptors (Lipinski definition) is 9. The summed E-state index contributed by atoms with van der Waals surface area (Å²) < 4.78 is 40.9. The summed E-state index contributed by atoms with van der Waals surface area (Å²) in [6, 6.07) is 2.91. The van der Waals surface area contributed by atoms with Crippen LogP contribution in [0, 0.1) is 0 Å². The van der Waals surface area contributed by atoms with Crippen LogP contribution in [0.1, 0.15) is 62.0 Å². The Balaban J connectivity index is 2.41. The average Bonchev–Trinajstić information content (AvgIpc) is 2.63. The number of hydrogen-bond donors (Lipinski definition) is 3. The highest BCUT2D eigenvalue weighted by atomic mass is 32.3. The van der Waals surface area contributed by atoms with Crippen molar-refractivity contribution in [3.63, 3.8) is 0 Å². The number of Topliss-reactive ketones (excluding diaryl/α,β-unsaturated/α-hetero) is 1. The van der Waals surface area contributed by atoms with E-state index in [0.717, 1.165) is 6.07 Å². The number of carbonyl (C=O) groups excluding carboxylic acids is 3. The minimum atomic E-state index is -5.12. The van der Waals surface area contributed by atoms with Gasteiger partial charge in [-0.25, -0.2) is 0 Å². The molecular formula is C19H16O10S. The van der Waals surface area contributed by atoms with Crippen molar-refractivity contribution in [2.45, 2.75) is 19.8 Å². The maximum absolute atomic E-state index is 13.2. The van der Waals surface area contributed by atoms with Gasteiger partial charge in [0.2, 0.25) is 5.78 Å². The third-order valence-electron chi connectivity index (χ3n) is 4.47. The molecule has 0 aromatic heterocycles. The van der Waals surface area contributed by atoms with E-state index >= 15 is 0 Å². The van der Waals surface area contributed by atoms with Gasteiger partial charge in [-0.2, -0.15) is 8.42 Å². The summed E-state index contributed by atoms with van der Waals surface area (Å²) in [6.45, 7) is 1.65. The first kappa shape index (κ1) is 21.3. The summed E-state index contributed by atoms with van der Waals surface area (Å²) >= 11 is 0. The Bertz CT molecular complexity index is 1210. The van der Waals surface area contributed by atoms with Crippen molar-refractivity contribution in [3.05, 3.63) is 46.0 Å². The molecule has 2 aromatic carbocycles. The quantitative estimate of drug-likeness (QED) is 0.385. The highest BCUT2D eigenvalue weighted by molar-refractivity contribution is 7.81. The molecule has 1 aliphatic rings. The number of phenolic OH excluding ortho intramolecular Hbond substituents is 2. The standard InChI is InChI=1S/C19H16O10S/c1-3-4-10(20)15-13(29-30(25,26)27)7-12(22)16-17(15)18(23)9-5-8(28-2)6-11(21)14(9)19(16)24/h5-7,21-22H,3-4H2,1-2H3,(H,25,26,27). The zero-order valence-electron chi connectivity index (χ0n) is 15.8. The molecule has 11 heteroatoms. The molecule has 0 heterocycles. The maximum atomic E-state index is 13.2. The first-order valence-corrected chi connectivity index (χ1v) is 9.97. The second kappa shape index (κ2) is 7.43. The highest BCUT2D eigenvalue weighted by Gasteiger charge is 2.40. The Labute approximate surface area is 170 Å². The number of benzene rings is 2. The topological polar surface area (TPSA) is 164 Å². The molecule has 0 aliphatic heterocycles. The number of phenols is 2. The van der Waals surface area contributed by atoms with Crippen LogP contribution in [-0.2, 0) is 10.4 Å². The van der Waals surface area contributed by atoms with Gasteiger partial charge in [0.25, 0.3) is 0 Å². The lowest BCUT2D eigenvalue weighted by atomic mass is 9.79. The smallest absolute Gasteiger partial charge is 0.446 e. The molecule has 0 saturated carbocycles. The molecule has 0 saturated heterocycles. The number of fused-ring (bicyclic) bond motifs is 2. The van der Waals surface area contributed by atoms with E-state index in [-0.39, 0.29) is 17.7 Å². The van der Waals surface area contributed by atoms with Crippen molar-refractivity contribution in [2.24, 2.45) is 0 Å². The van der Waals surface area contributed by atoms with E-state index in [1.54, 1.807) is 6.92 Å². The molecule has 0 amide bonds. The van der Waals surface area contributed by atoms with Crippen molar-refractivity contribution in [2.75, 3.05) is 7.11 Å². The SMILES string of the molecule is CCCC(=O)c1c(OS(=O)(=O)O)cc(O)c2c1C(=O)c1cc(OC)cc(O)c1C2=O. The lowest BCUT2D eigenvalue weighted by Gasteiger charge is -2.23. The number of carbonyl (C=O) groups is 3. The summed E-state index contributed by atoms with van der Waals surface area (Å²) in [7, 11) is -3.85. The van der Waals surface area contributed by atoms with Crippen LogP contribution in [0.3, 0.4) is 0 Å². The van der Waals surface area contributed by atoms with Gasteiger partial charge in [-0.3, -0.25) is 18.9 Å². The normalized spacial score (nSPS) is 12.9. The summed E-state index contributed by atoms with van der Waals surface area (Å²) in [6.07, 6.45) is 0.171. The van der Waals surface area contributed by atoms with Crippen LogP contribution in [0.4, 0.5) is 0 Å². The number of ether oxygens (including phenoxy) is 1. The van der Waals surface area contributed by atoms with Crippen LogP contribution >= 0.6 is 0 Å². The summed E-state index contributed by atoms with van der Waals surface area (Å²) in [4.78, 5) is 38.9. The maximum Gasteiger partial charge on any atom is 0.446 e. The predicted molar refractivity (Wildman–Crippen MR) is 101 cm³/mol. The number of ketones is 3. The molecular weight excluding hydrogens is 420 g/mol. The van der Waals surface area contributed by atoms with Crippen LogP contribution in [0.2, 0.25) is 0 Å². The van der Waals surface area contributed by atoms with Crippen molar-refractivity contribution in [3.8, 4) is 23.0 Å². The van der Waals surface area contributed by atoms with E-state index < -0.39 is 67.3 Å². The lowest BCUT2D eigenvalue weighted by molar-refractivity contribution is 0.0952. The second-order valence-corrected chi connectivity index (χ2v) is 7.45. The zero-order valence-corrected chi connectivity index (χ0v) is 16.6. The molecule has 0 bridgehead atoms. The summed E-state index contributed by atoms with van der Waals surface area (Å²) in [5, 5.41) is 20.5. The molecule has 3 rings (SSSR count). The van der Waals surface area contributed by atoms with Gasteiger partial charge in [0, 0.05) is 24.1 Å². The Morgan fingerprint density at radius 3 is 2.20 bits per heavy atom. The molecule has 30 heavy (non-hydrogen) atoms. The largest absolute Gasteiger partial charge is 0.507 e. The minimum Gasteiger partial charge on any atom is -0.507 e. The lowest BCUT2D eigenvalue weighted by Crippen LogP contribution is -2.25. The third kappa shape index (κ3) is 3.48. The van der Waals surface area contributed by atoms with Gasteiger partial charge < -0.3 is 19.1 Å². The van der Waals surface area contributed by atoms with E-state index in [0.29, 0.717) is 12.5 Å². The molecule has 0 unspecified atom stereocenters. The van der Waals surface area contributed by atoms with Crippen LogP contribution in [0.25, 0.3) is 0 Å². The van der Waals surface area contributed by atoms with E-state index in [1.807, 2.05) is 0 Å². The monoisotopic (exact) mass is 436 g/mol. The summed E-state index contributed by atoms with van der Waals surface area (Å²) in [5.74, 6) is -4.84. The van der Waals surface area contributed by atoms with Crippen molar-refractivity contribution in [1.29, 1.82) is 0 Å². The zero-order chi connectivity index (χ0) is 22.4. The molecule has 0 radical (unpaired) electrons. The molecule has 3 N–H and O–H groups in total. The predicted octanol–water partition coefficient (Wildman–Crippen LogP) is 2.05. The molecule has 0 atom stereocenters. The Morgan fingerprint density at radius 1 is 1.00 bits per heavy atom. The number of rotatable bonds is 6. The van der Waals surface area contributed by atoms with Gasteiger partial charge in [0.1, 0.15) is 17.2 Å². The molecule has 158 valence electrons. The van der Waals surface area contributed by atoms with Crippen LogP contribution < -0.4 is 8.92 Å². The van der Waals surface area contributed by atoms with E-state index in [2.05, 4.69) is 4.18 Å². The fourth-order valence-corrected chi connectivity index (χ4v) is 3.66. The van der Waals surface area contributed by atoms with Crippen LogP contribution in [-0.4, -0.2) is 47.6 Å². The molecule has 0 fully saturated rings. The average molecular weight is 436 g/mol. The van der Waals surface area contributed by atoms with Gasteiger partial charge >= 0.3 is 10.4 Å². The summed E-state index contributed by atoms with van der Waals surface area (Å²) in [5.41, 5.74) is -2.46. The van der Waals surface area contributed by atoms with Gasteiger partial charge in [0.15, 0.2) is 17.3 Å². The van der Waals surface area contributed by atoms with Crippen molar-refractivity contribution in [1.82, 2.24) is 0 Å².